The Morgan fingerprint density at radius 3 is 2.62 bits per heavy atom. The number of benzene rings is 2. The molecule has 0 saturated heterocycles. The number of nitrogens with one attached hydrogen (secondary N) is 1. The second-order valence-electron chi connectivity index (χ2n) is 4.72. The smallest absolute Gasteiger partial charge is 0.257 e. The first-order valence-corrected chi connectivity index (χ1v) is 6.82. The highest BCUT2D eigenvalue weighted by Gasteiger charge is 2.03. The molecule has 110 valence electrons. The van der Waals surface area contributed by atoms with Crippen molar-refractivity contribution in [1.82, 2.24) is 5.32 Å². The minimum atomic E-state index is -0.364. The summed E-state index contributed by atoms with van der Waals surface area (Å²) >= 11 is 0. The van der Waals surface area contributed by atoms with Crippen LogP contribution in [0.15, 0.2) is 42.5 Å². The molecule has 0 fully saturated rings. The van der Waals surface area contributed by atoms with Gasteiger partial charge in [-0.2, -0.15) is 0 Å². The molecule has 21 heavy (non-hydrogen) atoms. The Labute approximate surface area is 123 Å². The van der Waals surface area contributed by atoms with E-state index in [0.29, 0.717) is 18.7 Å². The van der Waals surface area contributed by atoms with Gasteiger partial charge < -0.3 is 15.8 Å². The van der Waals surface area contributed by atoms with Crippen molar-refractivity contribution in [2.75, 3.05) is 13.2 Å². The number of primary amides is 1. The van der Waals surface area contributed by atoms with E-state index in [1.54, 1.807) is 0 Å². The molecule has 0 spiro atoms. The SMILES string of the molecule is NC(=O)CCCNC(=O)COc1ccc2ccccc2c1. The predicted molar refractivity (Wildman–Crippen MR) is 80.9 cm³/mol. The Balaban J connectivity index is 1.78. The lowest BCUT2D eigenvalue weighted by Gasteiger charge is -2.08. The third-order valence-electron chi connectivity index (χ3n) is 3.01. The van der Waals surface area contributed by atoms with Crippen molar-refractivity contribution in [1.29, 1.82) is 0 Å². The van der Waals surface area contributed by atoms with E-state index >= 15 is 0 Å². The van der Waals surface area contributed by atoms with E-state index < -0.39 is 0 Å². The second kappa shape index (κ2) is 7.28. The van der Waals surface area contributed by atoms with Gasteiger partial charge in [-0.3, -0.25) is 9.59 Å². The lowest BCUT2D eigenvalue weighted by molar-refractivity contribution is -0.123. The number of amides is 2. The van der Waals surface area contributed by atoms with Crippen LogP contribution in [0.1, 0.15) is 12.8 Å². The molecule has 0 heterocycles. The summed E-state index contributed by atoms with van der Waals surface area (Å²) < 4.78 is 5.45. The van der Waals surface area contributed by atoms with Gasteiger partial charge in [-0.25, -0.2) is 0 Å². The maximum absolute atomic E-state index is 11.6. The third-order valence-corrected chi connectivity index (χ3v) is 3.01. The van der Waals surface area contributed by atoms with Gasteiger partial charge in [0.15, 0.2) is 6.61 Å². The fraction of sp³-hybridized carbons (Fsp3) is 0.250. The Bertz CT molecular complexity index is 640. The zero-order valence-electron chi connectivity index (χ0n) is 11.7. The van der Waals surface area contributed by atoms with Crippen molar-refractivity contribution in [3.63, 3.8) is 0 Å². The molecule has 2 amide bonds. The summed E-state index contributed by atoms with van der Waals surface area (Å²) in [6.07, 6.45) is 0.808. The molecular weight excluding hydrogens is 268 g/mol. The summed E-state index contributed by atoms with van der Waals surface area (Å²) in [5.74, 6) is 0.0743. The average Bonchev–Trinajstić information content (AvgIpc) is 2.49. The van der Waals surface area contributed by atoms with Crippen LogP contribution in [0, 0.1) is 0 Å². The molecule has 2 rings (SSSR count). The normalized spacial score (nSPS) is 10.3. The van der Waals surface area contributed by atoms with Gasteiger partial charge in [0.2, 0.25) is 5.91 Å². The summed E-state index contributed by atoms with van der Waals surface area (Å²) in [6.45, 7) is 0.373. The van der Waals surface area contributed by atoms with E-state index in [0.717, 1.165) is 10.8 Å². The van der Waals surface area contributed by atoms with Gasteiger partial charge in [0.05, 0.1) is 0 Å². The maximum Gasteiger partial charge on any atom is 0.257 e. The summed E-state index contributed by atoms with van der Waals surface area (Å²) in [5, 5.41) is 4.87. The number of carbonyl (C=O) groups is 2. The van der Waals surface area contributed by atoms with E-state index in [2.05, 4.69) is 5.32 Å². The van der Waals surface area contributed by atoms with Crippen molar-refractivity contribution in [2.24, 2.45) is 5.73 Å². The van der Waals surface area contributed by atoms with Crippen LogP contribution in [-0.4, -0.2) is 25.0 Å². The molecule has 0 atom stereocenters. The molecule has 0 saturated carbocycles. The molecule has 3 N–H and O–H groups in total. The Morgan fingerprint density at radius 2 is 1.86 bits per heavy atom. The fourth-order valence-corrected chi connectivity index (χ4v) is 1.95. The van der Waals surface area contributed by atoms with Gasteiger partial charge in [0.1, 0.15) is 5.75 Å². The van der Waals surface area contributed by atoms with Gasteiger partial charge in [-0.1, -0.05) is 30.3 Å². The van der Waals surface area contributed by atoms with Crippen molar-refractivity contribution in [2.45, 2.75) is 12.8 Å². The fourth-order valence-electron chi connectivity index (χ4n) is 1.95. The van der Waals surface area contributed by atoms with Crippen LogP contribution >= 0.6 is 0 Å². The minimum Gasteiger partial charge on any atom is -0.484 e. The van der Waals surface area contributed by atoms with Crippen LogP contribution in [0.4, 0.5) is 0 Å². The molecular formula is C16H18N2O3. The molecule has 0 aliphatic carbocycles. The zero-order chi connectivity index (χ0) is 15.1. The van der Waals surface area contributed by atoms with Crippen LogP contribution in [0.25, 0.3) is 10.8 Å². The lowest BCUT2D eigenvalue weighted by atomic mass is 10.1. The first-order chi connectivity index (χ1) is 10.1. The second-order valence-corrected chi connectivity index (χ2v) is 4.72. The van der Waals surface area contributed by atoms with Crippen molar-refractivity contribution < 1.29 is 14.3 Å². The molecule has 5 heteroatoms. The number of hydrogen-bond donors (Lipinski definition) is 2. The summed E-state index contributed by atoms with van der Waals surface area (Å²) in [6, 6.07) is 13.6. The van der Waals surface area contributed by atoms with Crippen LogP contribution in [0.2, 0.25) is 0 Å². The molecule has 5 nitrogen and oxygen atoms in total. The highest BCUT2D eigenvalue weighted by Crippen LogP contribution is 2.20. The van der Waals surface area contributed by atoms with Crippen LogP contribution in [-0.2, 0) is 9.59 Å². The number of fused-ring (bicyclic) bond motifs is 1. The number of hydrogen-bond acceptors (Lipinski definition) is 3. The number of ether oxygens (including phenoxy) is 1. The minimum absolute atomic E-state index is 0.0467. The van der Waals surface area contributed by atoms with Crippen molar-refractivity contribution in [3.05, 3.63) is 42.5 Å². The lowest BCUT2D eigenvalue weighted by Crippen LogP contribution is -2.30. The van der Waals surface area contributed by atoms with E-state index in [-0.39, 0.29) is 24.8 Å². The first-order valence-electron chi connectivity index (χ1n) is 6.82. The Kier molecular flexibility index (Phi) is 5.15. The molecule has 2 aromatic carbocycles. The van der Waals surface area contributed by atoms with Crippen LogP contribution in [0.5, 0.6) is 5.75 Å². The molecule has 2 aromatic rings. The quantitative estimate of drug-likeness (QED) is 0.759. The highest BCUT2D eigenvalue weighted by atomic mass is 16.5. The third kappa shape index (κ3) is 4.80. The van der Waals surface area contributed by atoms with Crippen molar-refractivity contribution in [3.8, 4) is 5.75 Å². The number of carbonyl (C=O) groups excluding carboxylic acids is 2. The van der Waals surface area contributed by atoms with E-state index in [4.69, 9.17) is 10.5 Å². The number of nitrogens with two attached hydrogens (primary N) is 1. The molecule has 0 aromatic heterocycles. The van der Waals surface area contributed by atoms with Gasteiger partial charge >= 0.3 is 0 Å². The average molecular weight is 286 g/mol. The van der Waals surface area contributed by atoms with Crippen LogP contribution < -0.4 is 15.8 Å². The van der Waals surface area contributed by atoms with E-state index in [9.17, 15) is 9.59 Å². The van der Waals surface area contributed by atoms with Crippen molar-refractivity contribution >= 4 is 22.6 Å². The van der Waals surface area contributed by atoms with Crippen LogP contribution in [0.3, 0.4) is 0 Å². The topological polar surface area (TPSA) is 81.4 Å². The standard InChI is InChI=1S/C16H18N2O3/c17-15(19)6-3-9-18-16(20)11-21-14-8-7-12-4-1-2-5-13(12)10-14/h1-2,4-5,7-8,10H,3,6,9,11H2,(H2,17,19)(H,18,20). The summed E-state index contributed by atoms with van der Waals surface area (Å²) in [5.41, 5.74) is 5.01. The summed E-state index contributed by atoms with van der Waals surface area (Å²) in [4.78, 5) is 22.1. The largest absolute Gasteiger partial charge is 0.484 e. The zero-order valence-corrected chi connectivity index (χ0v) is 11.7. The molecule has 0 aliphatic rings. The molecule has 0 bridgehead atoms. The molecule has 0 unspecified atom stereocenters. The molecule has 0 aliphatic heterocycles. The Hall–Kier alpha value is -2.56. The van der Waals surface area contributed by atoms with Gasteiger partial charge in [-0.15, -0.1) is 0 Å². The monoisotopic (exact) mass is 286 g/mol. The van der Waals surface area contributed by atoms with E-state index in [1.807, 2.05) is 42.5 Å². The predicted octanol–water partition coefficient (Wildman–Crippen LogP) is 1.60. The maximum atomic E-state index is 11.6. The highest BCUT2D eigenvalue weighted by molar-refractivity contribution is 5.84. The van der Waals surface area contributed by atoms with Gasteiger partial charge in [0.25, 0.3) is 5.91 Å². The van der Waals surface area contributed by atoms with Gasteiger partial charge in [-0.05, 0) is 29.3 Å². The van der Waals surface area contributed by atoms with E-state index in [1.165, 1.54) is 0 Å². The molecule has 0 radical (unpaired) electrons. The Morgan fingerprint density at radius 1 is 1.10 bits per heavy atom. The van der Waals surface area contributed by atoms with Gasteiger partial charge in [0, 0.05) is 13.0 Å². The first kappa shape index (κ1) is 14.8. The summed E-state index contributed by atoms with van der Waals surface area (Å²) in [7, 11) is 0. The number of rotatable bonds is 7.